The van der Waals surface area contributed by atoms with Gasteiger partial charge >= 0.3 is 0 Å². The molecule has 31 heavy (non-hydrogen) atoms. The van der Waals surface area contributed by atoms with Crippen LogP contribution in [0, 0.1) is 0 Å². The molecule has 0 bridgehead atoms. The normalized spacial score (nSPS) is 11.1. The van der Waals surface area contributed by atoms with Gasteiger partial charge in [-0.15, -0.1) is 0 Å². The summed E-state index contributed by atoms with van der Waals surface area (Å²) in [5, 5.41) is 4.12. The number of methoxy groups -OCH3 is 1. The lowest BCUT2D eigenvalue weighted by Gasteiger charge is -2.11. The fourth-order valence-corrected chi connectivity index (χ4v) is 3.13. The zero-order valence-electron chi connectivity index (χ0n) is 17.3. The smallest absolute Gasteiger partial charge is 0.218 e. The van der Waals surface area contributed by atoms with Gasteiger partial charge in [0.2, 0.25) is 5.89 Å². The van der Waals surface area contributed by atoms with E-state index in [-0.39, 0.29) is 0 Å². The van der Waals surface area contributed by atoms with E-state index in [0.717, 1.165) is 24.9 Å². The molecule has 0 amide bonds. The van der Waals surface area contributed by atoms with Crippen molar-refractivity contribution in [2.75, 3.05) is 7.11 Å². The predicted octanol–water partition coefficient (Wildman–Crippen LogP) is 4.66. The molecule has 158 valence electrons. The summed E-state index contributed by atoms with van der Waals surface area (Å²) in [7, 11) is 1.64. The van der Waals surface area contributed by atoms with Crippen LogP contribution in [0.3, 0.4) is 0 Å². The van der Waals surface area contributed by atoms with Gasteiger partial charge in [0.15, 0.2) is 11.5 Å². The maximum atomic E-state index is 5.91. The highest BCUT2D eigenvalue weighted by Gasteiger charge is 2.08. The van der Waals surface area contributed by atoms with Crippen LogP contribution in [0.15, 0.2) is 71.9 Å². The molecule has 0 saturated carbocycles. The Balaban J connectivity index is 1.31. The van der Waals surface area contributed by atoms with Gasteiger partial charge in [0, 0.05) is 12.6 Å². The minimum atomic E-state index is 0.296. The van der Waals surface area contributed by atoms with Crippen molar-refractivity contribution in [2.45, 2.75) is 26.0 Å². The van der Waals surface area contributed by atoms with Crippen molar-refractivity contribution in [3.63, 3.8) is 0 Å². The summed E-state index contributed by atoms with van der Waals surface area (Å²) < 4.78 is 18.8. The van der Waals surface area contributed by atoms with E-state index in [9.17, 15) is 0 Å². The zero-order valence-corrected chi connectivity index (χ0v) is 17.3. The highest BCUT2D eigenvalue weighted by Crippen LogP contribution is 2.29. The largest absolute Gasteiger partial charge is 0.493 e. The van der Waals surface area contributed by atoms with Gasteiger partial charge in [-0.25, -0.2) is 9.97 Å². The van der Waals surface area contributed by atoms with Crippen molar-refractivity contribution in [1.82, 2.24) is 19.7 Å². The Hall–Kier alpha value is -3.87. The van der Waals surface area contributed by atoms with E-state index in [0.29, 0.717) is 29.7 Å². The van der Waals surface area contributed by atoms with Crippen molar-refractivity contribution in [3.05, 3.63) is 90.2 Å². The molecule has 0 aliphatic rings. The molecule has 0 N–H and O–H groups in total. The van der Waals surface area contributed by atoms with Crippen LogP contribution in [0.1, 0.15) is 29.1 Å². The van der Waals surface area contributed by atoms with Gasteiger partial charge in [-0.05, 0) is 42.2 Å². The molecule has 0 spiro atoms. The molecule has 0 aliphatic heterocycles. The first-order valence-corrected chi connectivity index (χ1v) is 10.1. The zero-order chi connectivity index (χ0) is 21.3. The molecule has 4 aromatic rings. The summed E-state index contributed by atoms with van der Waals surface area (Å²) in [4.78, 5) is 8.40. The fraction of sp³-hybridized carbons (Fsp3) is 0.208. The SMILES string of the molecule is COc1cc(CCCn2cncn2)ccc1OCc1coc(/C=C/c2ccccc2)n1. The number of hydrogen-bond donors (Lipinski definition) is 0. The summed E-state index contributed by atoms with van der Waals surface area (Å²) in [6.45, 7) is 1.12. The molecule has 0 radical (unpaired) electrons. The highest BCUT2D eigenvalue weighted by atomic mass is 16.5. The quantitative estimate of drug-likeness (QED) is 0.374. The molecule has 0 aliphatic carbocycles. The topological polar surface area (TPSA) is 75.2 Å². The van der Waals surface area contributed by atoms with E-state index in [2.05, 4.69) is 21.1 Å². The first-order chi connectivity index (χ1) is 15.3. The lowest BCUT2D eigenvalue weighted by atomic mass is 10.1. The number of benzene rings is 2. The minimum absolute atomic E-state index is 0.296. The van der Waals surface area contributed by atoms with Crippen LogP contribution >= 0.6 is 0 Å². The molecule has 7 heteroatoms. The van der Waals surface area contributed by atoms with Gasteiger partial charge in [0.1, 0.15) is 31.2 Å². The molecule has 2 aromatic carbocycles. The van der Waals surface area contributed by atoms with Crippen LogP contribution < -0.4 is 9.47 Å². The average Bonchev–Trinajstić information content (AvgIpc) is 3.49. The lowest BCUT2D eigenvalue weighted by molar-refractivity contribution is 0.280. The van der Waals surface area contributed by atoms with E-state index in [1.54, 1.807) is 26.0 Å². The Kier molecular flexibility index (Phi) is 6.74. The maximum absolute atomic E-state index is 5.91. The molecule has 2 aromatic heterocycles. The van der Waals surface area contributed by atoms with Crippen LogP contribution in [-0.2, 0) is 19.6 Å². The van der Waals surface area contributed by atoms with Crippen molar-refractivity contribution in [3.8, 4) is 11.5 Å². The molecular formula is C24H24N4O3. The van der Waals surface area contributed by atoms with Crippen molar-refractivity contribution in [2.24, 2.45) is 0 Å². The highest BCUT2D eigenvalue weighted by molar-refractivity contribution is 5.65. The van der Waals surface area contributed by atoms with Crippen LogP contribution in [0.4, 0.5) is 0 Å². The first-order valence-electron chi connectivity index (χ1n) is 10.1. The van der Waals surface area contributed by atoms with Crippen LogP contribution in [0.5, 0.6) is 11.5 Å². The van der Waals surface area contributed by atoms with E-state index >= 15 is 0 Å². The number of oxazole rings is 1. The Morgan fingerprint density at radius 2 is 1.97 bits per heavy atom. The second kappa shape index (κ2) is 10.2. The minimum Gasteiger partial charge on any atom is -0.493 e. The van der Waals surface area contributed by atoms with Crippen molar-refractivity contribution in [1.29, 1.82) is 0 Å². The molecular weight excluding hydrogens is 392 g/mol. The molecule has 0 saturated heterocycles. The van der Waals surface area contributed by atoms with E-state index in [1.807, 2.05) is 59.3 Å². The number of aryl methyl sites for hydroxylation is 2. The number of hydrogen-bond acceptors (Lipinski definition) is 6. The van der Waals surface area contributed by atoms with Gasteiger partial charge in [-0.1, -0.05) is 36.4 Å². The third-order valence-electron chi connectivity index (χ3n) is 4.71. The van der Waals surface area contributed by atoms with Gasteiger partial charge < -0.3 is 13.9 Å². The van der Waals surface area contributed by atoms with E-state index in [1.165, 1.54) is 5.56 Å². The third-order valence-corrected chi connectivity index (χ3v) is 4.71. The molecule has 0 fully saturated rings. The Morgan fingerprint density at radius 1 is 1.06 bits per heavy atom. The Bertz CT molecular complexity index is 1110. The summed E-state index contributed by atoms with van der Waals surface area (Å²) in [5.74, 6) is 1.91. The van der Waals surface area contributed by atoms with E-state index < -0.39 is 0 Å². The monoisotopic (exact) mass is 416 g/mol. The second-order valence-electron chi connectivity index (χ2n) is 6.96. The number of aromatic nitrogens is 4. The third kappa shape index (κ3) is 5.82. The lowest BCUT2D eigenvalue weighted by Crippen LogP contribution is -2.01. The number of ether oxygens (including phenoxy) is 2. The molecule has 2 heterocycles. The summed E-state index contributed by atoms with van der Waals surface area (Å²) in [6, 6.07) is 16.0. The first kappa shape index (κ1) is 20.4. The second-order valence-corrected chi connectivity index (χ2v) is 6.96. The van der Waals surface area contributed by atoms with Crippen LogP contribution in [0.2, 0.25) is 0 Å². The summed E-state index contributed by atoms with van der Waals surface area (Å²) in [5.41, 5.74) is 2.98. The molecule has 7 nitrogen and oxygen atoms in total. The van der Waals surface area contributed by atoms with E-state index in [4.69, 9.17) is 13.9 Å². The van der Waals surface area contributed by atoms with Gasteiger partial charge in [-0.3, -0.25) is 4.68 Å². The molecule has 0 atom stereocenters. The predicted molar refractivity (Wildman–Crippen MR) is 118 cm³/mol. The molecule has 0 unspecified atom stereocenters. The molecule has 4 rings (SSSR count). The van der Waals surface area contributed by atoms with Crippen molar-refractivity contribution >= 4 is 12.2 Å². The maximum Gasteiger partial charge on any atom is 0.218 e. The summed E-state index contributed by atoms with van der Waals surface area (Å²) >= 11 is 0. The Labute approximate surface area is 181 Å². The van der Waals surface area contributed by atoms with Crippen LogP contribution in [-0.4, -0.2) is 26.9 Å². The summed E-state index contributed by atoms with van der Waals surface area (Å²) in [6.07, 6.45) is 10.6. The van der Waals surface area contributed by atoms with Crippen LogP contribution in [0.25, 0.3) is 12.2 Å². The van der Waals surface area contributed by atoms with Gasteiger partial charge in [0.05, 0.1) is 7.11 Å². The number of rotatable bonds is 10. The van der Waals surface area contributed by atoms with Gasteiger partial charge in [0.25, 0.3) is 0 Å². The average molecular weight is 416 g/mol. The van der Waals surface area contributed by atoms with Gasteiger partial charge in [-0.2, -0.15) is 5.10 Å². The van der Waals surface area contributed by atoms with Crippen molar-refractivity contribution < 1.29 is 13.9 Å². The Morgan fingerprint density at radius 3 is 2.77 bits per heavy atom. The fourth-order valence-electron chi connectivity index (χ4n) is 3.13. The standard InChI is InChI=1S/C24H24N4O3/c1-29-23-14-20(8-5-13-28-18-25-17-26-28)9-11-22(23)30-15-21-16-31-24(27-21)12-10-19-6-3-2-4-7-19/h2-4,6-7,9-12,14,16-18H,5,8,13,15H2,1H3/b12-10+. The number of nitrogens with zero attached hydrogens (tertiary/aromatic N) is 4.